The van der Waals surface area contributed by atoms with E-state index >= 15 is 0 Å². The monoisotopic (exact) mass is 521 g/mol. The maximum Gasteiger partial charge on any atom is 0.258 e. The summed E-state index contributed by atoms with van der Waals surface area (Å²) in [5.41, 5.74) is 3.88. The molecular weight excluding hydrogens is 493 g/mol. The number of ether oxygens (including phenoxy) is 1. The van der Waals surface area contributed by atoms with Crippen molar-refractivity contribution in [2.45, 2.75) is 18.8 Å². The lowest BCUT2D eigenvalue weighted by atomic mass is 9.81. The van der Waals surface area contributed by atoms with Crippen LogP contribution in [0, 0.1) is 5.92 Å². The van der Waals surface area contributed by atoms with E-state index in [4.69, 9.17) is 27.9 Å². The highest BCUT2D eigenvalue weighted by Crippen LogP contribution is 2.45. The van der Waals surface area contributed by atoms with Crippen LogP contribution in [0.5, 0.6) is 5.75 Å². The second kappa shape index (κ2) is 11.0. The van der Waals surface area contributed by atoms with E-state index < -0.39 is 0 Å². The van der Waals surface area contributed by atoms with Crippen LogP contribution in [-0.2, 0) is 0 Å². The first-order valence-corrected chi connectivity index (χ1v) is 13.0. The van der Waals surface area contributed by atoms with Crippen LogP contribution in [0.3, 0.4) is 0 Å². The summed E-state index contributed by atoms with van der Waals surface area (Å²) in [6, 6.07) is 17.3. The minimum atomic E-state index is -0.0435. The van der Waals surface area contributed by atoms with Crippen molar-refractivity contribution < 1.29 is 9.53 Å². The van der Waals surface area contributed by atoms with E-state index in [0.717, 1.165) is 54.5 Å². The maximum absolute atomic E-state index is 13.4. The summed E-state index contributed by atoms with van der Waals surface area (Å²) in [6.07, 6.45) is 8.14. The molecule has 7 heteroatoms. The molecule has 0 aliphatic carbocycles. The summed E-state index contributed by atoms with van der Waals surface area (Å²) < 4.78 is 5.52. The number of benzene rings is 2. The molecule has 0 bridgehead atoms. The Kier molecular flexibility index (Phi) is 7.61. The van der Waals surface area contributed by atoms with E-state index in [1.807, 2.05) is 41.3 Å². The number of nitrogens with zero attached hydrogens (tertiary/aromatic N) is 3. The lowest BCUT2D eigenvalue weighted by Crippen LogP contribution is -2.37. The molecule has 3 aromatic rings. The first-order chi connectivity index (χ1) is 17.5. The molecule has 5 nitrogen and oxygen atoms in total. The number of methoxy groups -OCH3 is 1. The second-order valence-corrected chi connectivity index (χ2v) is 10.2. The van der Waals surface area contributed by atoms with Crippen LogP contribution in [0.15, 0.2) is 66.9 Å². The smallest absolute Gasteiger partial charge is 0.258 e. The number of hydrogen-bond acceptors (Lipinski definition) is 4. The van der Waals surface area contributed by atoms with Crippen molar-refractivity contribution in [2.24, 2.45) is 5.92 Å². The molecule has 2 aliphatic rings. The van der Waals surface area contributed by atoms with Crippen molar-refractivity contribution in [3.8, 4) is 5.75 Å². The molecule has 1 unspecified atom stereocenters. The Morgan fingerprint density at radius 2 is 1.86 bits per heavy atom. The number of anilines is 1. The van der Waals surface area contributed by atoms with E-state index in [2.05, 4.69) is 28.1 Å². The Labute approximate surface area is 222 Å². The lowest BCUT2D eigenvalue weighted by molar-refractivity contribution is 0.0985. The molecule has 2 aromatic carbocycles. The van der Waals surface area contributed by atoms with Gasteiger partial charge in [-0.2, -0.15) is 0 Å². The summed E-state index contributed by atoms with van der Waals surface area (Å²) in [7, 11) is 1.68. The zero-order valence-corrected chi connectivity index (χ0v) is 21.8. The van der Waals surface area contributed by atoms with Gasteiger partial charge >= 0.3 is 0 Å². The van der Waals surface area contributed by atoms with Gasteiger partial charge in [-0.15, -0.1) is 0 Å². The van der Waals surface area contributed by atoms with E-state index in [0.29, 0.717) is 23.2 Å². The third-order valence-electron chi connectivity index (χ3n) is 7.27. The molecular formula is C29H29Cl2N3O2. The topological polar surface area (TPSA) is 45.7 Å². The molecule has 1 fully saturated rings. The number of fused-ring (bicyclic) bond motifs is 1. The normalized spacial score (nSPS) is 18.5. The van der Waals surface area contributed by atoms with E-state index in [9.17, 15) is 4.79 Å². The summed E-state index contributed by atoms with van der Waals surface area (Å²) in [5.74, 6) is 1.57. The molecule has 3 heterocycles. The number of aromatic nitrogens is 1. The van der Waals surface area contributed by atoms with Gasteiger partial charge in [0.15, 0.2) is 0 Å². The molecule has 5 rings (SSSR count). The lowest BCUT2D eigenvalue weighted by Gasteiger charge is -2.34. The number of piperidine rings is 1. The van der Waals surface area contributed by atoms with Crippen molar-refractivity contribution in [1.29, 1.82) is 0 Å². The van der Waals surface area contributed by atoms with Crippen LogP contribution in [0.2, 0.25) is 10.2 Å². The highest BCUT2D eigenvalue weighted by atomic mass is 35.5. The Balaban J connectivity index is 1.27. The fourth-order valence-electron chi connectivity index (χ4n) is 5.33. The quantitative estimate of drug-likeness (QED) is 0.344. The fourth-order valence-corrected chi connectivity index (χ4v) is 5.63. The van der Waals surface area contributed by atoms with Gasteiger partial charge in [0.1, 0.15) is 10.9 Å². The van der Waals surface area contributed by atoms with Crippen LogP contribution >= 0.6 is 23.2 Å². The van der Waals surface area contributed by atoms with Gasteiger partial charge in [0.2, 0.25) is 0 Å². The molecule has 1 saturated heterocycles. The van der Waals surface area contributed by atoms with Crippen LogP contribution in [0.1, 0.15) is 40.2 Å². The number of amides is 1. The average Bonchev–Trinajstić information content (AvgIpc) is 3.28. The summed E-state index contributed by atoms with van der Waals surface area (Å²) in [5, 5.41) is 1.08. The van der Waals surface area contributed by atoms with Crippen molar-refractivity contribution in [1.82, 2.24) is 9.88 Å². The molecule has 1 aromatic heterocycles. The largest absolute Gasteiger partial charge is 0.497 e. The van der Waals surface area contributed by atoms with Gasteiger partial charge in [-0.05, 0) is 85.4 Å². The average molecular weight is 522 g/mol. The number of likely N-dealkylation sites (tertiary alicyclic amines) is 1. The number of rotatable bonds is 6. The molecule has 0 N–H and O–H groups in total. The van der Waals surface area contributed by atoms with Crippen LogP contribution in [0.25, 0.3) is 6.08 Å². The molecule has 1 atom stereocenters. The standard InChI is InChI=1S/C29H29Cl2N3O2/c1-36-24-8-9-27-25(18-24)26(19-34(27)29(35)22-10-13-32-28(31)17-22)21-11-15-33(16-12-21)14-2-3-20-4-6-23(30)7-5-20/h2-10,13,17-18,21,26H,11-12,14-16,19H2,1H3/b3-2+. The zero-order valence-electron chi connectivity index (χ0n) is 20.2. The van der Waals surface area contributed by atoms with Crippen LogP contribution < -0.4 is 9.64 Å². The molecule has 0 saturated carbocycles. The Morgan fingerprint density at radius 1 is 1.08 bits per heavy atom. The number of halogens is 2. The molecule has 36 heavy (non-hydrogen) atoms. The van der Waals surface area contributed by atoms with Gasteiger partial charge in [0, 0.05) is 41.5 Å². The van der Waals surface area contributed by atoms with E-state index in [1.165, 1.54) is 5.56 Å². The highest BCUT2D eigenvalue weighted by Gasteiger charge is 2.38. The zero-order chi connectivity index (χ0) is 25.1. The molecule has 186 valence electrons. The van der Waals surface area contributed by atoms with Gasteiger partial charge < -0.3 is 9.64 Å². The van der Waals surface area contributed by atoms with Crippen molar-refractivity contribution >= 4 is 40.9 Å². The van der Waals surface area contributed by atoms with E-state index in [1.54, 1.807) is 25.4 Å². The number of hydrogen-bond donors (Lipinski definition) is 0. The molecule has 1 amide bonds. The van der Waals surface area contributed by atoms with Gasteiger partial charge in [-0.3, -0.25) is 9.69 Å². The minimum Gasteiger partial charge on any atom is -0.497 e. The molecule has 2 aliphatic heterocycles. The predicted molar refractivity (Wildman–Crippen MR) is 146 cm³/mol. The Bertz CT molecular complexity index is 1250. The van der Waals surface area contributed by atoms with Crippen molar-refractivity contribution in [2.75, 3.05) is 38.2 Å². The minimum absolute atomic E-state index is 0.0435. The Hall–Kier alpha value is -2.86. The first-order valence-electron chi connectivity index (χ1n) is 12.3. The third kappa shape index (κ3) is 5.44. The summed E-state index contributed by atoms with van der Waals surface area (Å²) in [4.78, 5) is 21.8. The fraction of sp³-hybridized carbons (Fsp3) is 0.310. The van der Waals surface area contributed by atoms with Gasteiger partial charge in [-0.25, -0.2) is 4.98 Å². The van der Waals surface area contributed by atoms with Crippen molar-refractivity contribution in [3.05, 3.63) is 93.7 Å². The summed E-state index contributed by atoms with van der Waals surface area (Å²) in [6.45, 7) is 3.68. The summed E-state index contributed by atoms with van der Waals surface area (Å²) >= 11 is 12.0. The first kappa shape index (κ1) is 24.8. The van der Waals surface area contributed by atoms with Gasteiger partial charge in [-0.1, -0.05) is 47.5 Å². The van der Waals surface area contributed by atoms with E-state index in [-0.39, 0.29) is 11.8 Å². The maximum atomic E-state index is 13.4. The number of pyridine rings is 1. The molecule has 0 spiro atoms. The van der Waals surface area contributed by atoms with Gasteiger partial charge in [0.25, 0.3) is 5.91 Å². The van der Waals surface area contributed by atoms with Crippen molar-refractivity contribution in [3.63, 3.8) is 0 Å². The number of carbonyl (C=O) groups is 1. The highest BCUT2D eigenvalue weighted by molar-refractivity contribution is 6.30. The molecule has 0 radical (unpaired) electrons. The second-order valence-electron chi connectivity index (χ2n) is 9.41. The SMILES string of the molecule is COc1ccc2c(c1)C(C1CCN(C/C=C/c3ccc(Cl)cc3)CC1)CN2C(=O)c1ccnc(Cl)c1. The number of carbonyl (C=O) groups excluding carboxylic acids is 1. The third-order valence-corrected chi connectivity index (χ3v) is 7.73. The van der Waals surface area contributed by atoms with Crippen LogP contribution in [-0.4, -0.2) is 49.1 Å². The van der Waals surface area contributed by atoms with Gasteiger partial charge in [0.05, 0.1) is 7.11 Å². The predicted octanol–water partition coefficient (Wildman–Crippen LogP) is 6.57. The van der Waals surface area contributed by atoms with Crippen LogP contribution in [0.4, 0.5) is 5.69 Å². The Morgan fingerprint density at radius 3 is 2.58 bits per heavy atom.